The van der Waals surface area contributed by atoms with Gasteiger partial charge < -0.3 is 9.47 Å². The molecule has 2 unspecified atom stereocenters. The second-order valence-electron chi connectivity index (χ2n) is 4.73. The molecule has 3 aliphatic rings. The average Bonchev–Trinajstić information content (AvgIpc) is 3.01. The molecule has 0 aromatic carbocycles. The summed E-state index contributed by atoms with van der Waals surface area (Å²) >= 11 is 0. The van der Waals surface area contributed by atoms with Gasteiger partial charge in [0.1, 0.15) is 0 Å². The zero-order valence-electron chi connectivity index (χ0n) is 8.63. The molecule has 14 heavy (non-hydrogen) atoms. The van der Waals surface area contributed by atoms with Crippen LogP contribution in [0.5, 0.6) is 0 Å². The number of hydrogen-bond acceptors (Lipinski definition) is 2. The van der Waals surface area contributed by atoms with E-state index in [1.807, 2.05) is 0 Å². The van der Waals surface area contributed by atoms with Crippen molar-refractivity contribution in [2.24, 2.45) is 0 Å². The first-order chi connectivity index (χ1) is 6.92. The summed E-state index contributed by atoms with van der Waals surface area (Å²) < 4.78 is 10.6. The summed E-state index contributed by atoms with van der Waals surface area (Å²) in [5, 5.41) is 0. The molecule has 0 saturated carbocycles. The minimum Gasteiger partial charge on any atom is -0.373 e. The molecule has 2 heterocycles. The number of rotatable bonds is 4. The van der Waals surface area contributed by atoms with Crippen LogP contribution in [0.2, 0.25) is 0 Å². The molecule has 3 rings (SSSR count). The van der Waals surface area contributed by atoms with Gasteiger partial charge in [0.05, 0.1) is 25.4 Å². The molecule has 0 N–H and O–H groups in total. The zero-order chi connectivity index (χ0) is 9.38. The molecular weight excluding hydrogens is 176 g/mol. The highest BCUT2D eigenvalue weighted by molar-refractivity contribution is 5.20. The van der Waals surface area contributed by atoms with Crippen molar-refractivity contribution in [1.29, 1.82) is 0 Å². The molecule has 2 fully saturated rings. The lowest BCUT2D eigenvalue weighted by Gasteiger charge is -2.19. The number of ether oxygens (including phenoxy) is 2. The van der Waals surface area contributed by atoms with E-state index >= 15 is 0 Å². The lowest BCUT2D eigenvalue weighted by molar-refractivity contribution is 0.393. The van der Waals surface area contributed by atoms with E-state index in [4.69, 9.17) is 9.47 Å². The molecule has 0 bridgehead atoms. The van der Waals surface area contributed by atoms with Gasteiger partial charge in [-0.05, 0) is 38.5 Å². The quantitative estimate of drug-likeness (QED) is 0.507. The monoisotopic (exact) mass is 194 g/mol. The van der Waals surface area contributed by atoms with E-state index in [0.29, 0.717) is 12.2 Å². The fourth-order valence-corrected chi connectivity index (χ4v) is 2.44. The van der Waals surface area contributed by atoms with Crippen molar-refractivity contribution in [3.05, 3.63) is 11.1 Å². The van der Waals surface area contributed by atoms with Crippen molar-refractivity contribution in [3.8, 4) is 0 Å². The van der Waals surface area contributed by atoms with Crippen LogP contribution in [-0.2, 0) is 9.47 Å². The van der Waals surface area contributed by atoms with Gasteiger partial charge in [0, 0.05) is 0 Å². The summed E-state index contributed by atoms with van der Waals surface area (Å²) in [7, 11) is 0. The SMILES string of the molecule is C1CCC(CC2CO2)=C(CC2CO2)C1. The van der Waals surface area contributed by atoms with Crippen LogP contribution in [0.4, 0.5) is 0 Å². The van der Waals surface area contributed by atoms with Crippen LogP contribution >= 0.6 is 0 Å². The van der Waals surface area contributed by atoms with Crippen LogP contribution in [0.1, 0.15) is 38.5 Å². The first kappa shape index (κ1) is 8.93. The third kappa shape index (κ3) is 2.18. The van der Waals surface area contributed by atoms with Gasteiger partial charge >= 0.3 is 0 Å². The summed E-state index contributed by atoms with van der Waals surface area (Å²) in [4.78, 5) is 0. The van der Waals surface area contributed by atoms with Crippen LogP contribution in [0.3, 0.4) is 0 Å². The Hall–Kier alpha value is -0.340. The molecule has 0 aromatic rings. The lowest BCUT2D eigenvalue weighted by atomic mass is 9.87. The van der Waals surface area contributed by atoms with Crippen molar-refractivity contribution in [2.45, 2.75) is 50.7 Å². The maximum Gasteiger partial charge on any atom is 0.0847 e. The Bertz CT molecular complexity index is 223. The van der Waals surface area contributed by atoms with Gasteiger partial charge in [0.2, 0.25) is 0 Å². The molecule has 0 radical (unpaired) electrons. The first-order valence-electron chi connectivity index (χ1n) is 5.85. The van der Waals surface area contributed by atoms with Gasteiger partial charge in [-0.25, -0.2) is 0 Å². The molecule has 0 spiro atoms. The predicted octanol–water partition coefficient (Wildman–Crippen LogP) is 2.43. The van der Waals surface area contributed by atoms with Crippen LogP contribution < -0.4 is 0 Å². The van der Waals surface area contributed by atoms with Crippen LogP contribution in [0.25, 0.3) is 0 Å². The van der Waals surface area contributed by atoms with Gasteiger partial charge in [-0.2, -0.15) is 0 Å². The molecular formula is C12H18O2. The topological polar surface area (TPSA) is 25.1 Å². The molecule has 2 atom stereocenters. The van der Waals surface area contributed by atoms with Crippen LogP contribution in [-0.4, -0.2) is 25.4 Å². The van der Waals surface area contributed by atoms with Gasteiger partial charge in [0.15, 0.2) is 0 Å². The maximum absolute atomic E-state index is 5.31. The normalized spacial score (nSPS) is 36.0. The Morgan fingerprint density at radius 1 is 0.857 bits per heavy atom. The van der Waals surface area contributed by atoms with E-state index in [1.165, 1.54) is 38.5 Å². The molecule has 2 nitrogen and oxygen atoms in total. The summed E-state index contributed by atoms with van der Waals surface area (Å²) in [5.74, 6) is 0. The van der Waals surface area contributed by atoms with E-state index < -0.39 is 0 Å². The molecule has 2 heteroatoms. The van der Waals surface area contributed by atoms with E-state index in [1.54, 1.807) is 11.1 Å². The standard InChI is InChI=1S/C12H18O2/c1-2-4-10(6-12-8-14-12)9(3-1)5-11-7-13-11/h11-12H,1-8H2. The Kier molecular flexibility index (Phi) is 2.34. The third-order valence-electron chi connectivity index (χ3n) is 3.46. The summed E-state index contributed by atoms with van der Waals surface area (Å²) in [6.45, 7) is 1.99. The minimum absolute atomic E-state index is 0.568. The van der Waals surface area contributed by atoms with Crippen molar-refractivity contribution in [1.82, 2.24) is 0 Å². The fraction of sp³-hybridized carbons (Fsp3) is 0.833. The van der Waals surface area contributed by atoms with Gasteiger partial charge in [-0.15, -0.1) is 0 Å². The van der Waals surface area contributed by atoms with E-state index in [9.17, 15) is 0 Å². The van der Waals surface area contributed by atoms with Crippen molar-refractivity contribution in [2.75, 3.05) is 13.2 Å². The van der Waals surface area contributed by atoms with E-state index in [2.05, 4.69) is 0 Å². The maximum atomic E-state index is 5.31. The second-order valence-corrected chi connectivity index (χ2v) is 4.73. The average molecular weight is 194 g/mol. The highest BCUT2D eigenvalue weighted by atomic mass is 16.6. The fourth-order valence-electron chi connectivity index (χ4n) is 2.44. The van der Waals surface area contributed by atoms with E-state index in [0.717, 1.165) is 13.2 Å². The number of epoxide rings is 2. The Labute approximate surface area is 85.3 Å². The summed E-state index contributed by atoms with van der Waals surface area (Å²) in [6, 6.07) is 0. The Balaban J connectivity index is 1.66. The minimum atomic E-state index is 0.568. The molecule has 78 valence electrons. The zero-order valence-corrected chi connectivity index (χ0v) is 8.63. The van der Waals surface area contributed by atoms with Gasteiger partial charge in [-0.3, -0.25) is 0 Å². The van der Waals surface area contributed by atoms with Crippen LogP contribution in [0, 0.1) is 0 Å². The molecule has 0 amide bonds. The van der Waals surface area contributed by atoms with Crippen molar-refractivity contribution >= 4 is 0 Å². The third-order valence-corrected chi connectivity index (χ3v) is 3.46. The van der Waals surface area contributed by atoms with Gasteiger partial charge in [0.25, 0.3) is 0 Å². The molecule has 0 aromatic heterocycles. The van der Waals surface area contributed by atoms with Crippen molar-refractivity contribution in [3.63, 3.8) is 0 Å². The first-order valence-corrected chi connectivity index (χ1v) is 5.85. The van der Waals surface area contributed by atoms with E-state index in [-0.39, 0.29) is 0 Å². The van der Waals surface area contributed by atoms with Crippen molar-refractivity contribution < 1.29 is 9.47 Å². The largest absolute Gasteiger partial charge is 0.373 e. The summed E-state index contributed by atoms with van der Waals surface area (Å²) in [5.41, 5.74) is 3.41. The number of hydrogen-bond donors (Lipinski definition) is 0. The lowest BCUT2D eigenvalue weighted by Crippen LogP contribution is -2.05. The highest BCUT2D eigenvalue weighted by Gasteiger charge is 2.29. The Morgan fingerprint density at radius 2 is 1.29 bits per heavy atom. The molecule has 1 aliphatic carbocycles. The van der Waals surface area contributed by atoms with Gasteiger partial charge in [-0.1, -0.05) is 11.1 Å². The highest BCUT2D eigenvalue weighted by Crippen LogP contribution is 2.35. The van der Waals surface area contributed by atoms with Crippen LogP contribution in [0.15, 0.2) is 11.1 Å². The smallest absolute Gasteiger partial charge is 0.0847 e. The Morgan fingerprint density at radius 3 is 1.64 bits per heavy atom. The predicted molar refractivity (Wildman–Crippen MR) is 54.2 cm³/mol. The summed E-state index contributed by atoms with van der Waals surface area (Å²) in [6.07, 6.45) is 8.97. The molecule has 2 aliphatic heterocycles. The second kappa shape index (κ2) is 3.67. The molecule has 2 saturated heterocycles.